The number of carboxylic acids is 4. The third kappa shape index (κ3) is 2.86. The van der Waals surface area contributed by atoms with Crippen LogP contribution < -0.4 is 0 Å². The molecule has 0 saturated heterocycles. The average Bonchev–Trinajstić information content (AvgIpc) is 2.57. The minimum Gasteiger partial charge on any atom is -0.481 e. The van der Waals surface area contributed by atoms with Gasteiger partial charge in [-0.05, 0) is 30.1 Å². The Bertz CT molecular complexity index is 715. The van der Waals surface area contributed by atoms with Crippen molar-refractivity contribution in [2.75, 3.05) is 0 Å². The number of hydrogen-bond donors (Lipinski definition) is 4. The van der Waals surface area contributed by atoms with E-state index in [1.807, 2.05) is 0 Å². The third-order valence-corrected chi connectivity index (χ3v) is 7.91. The van der Waals surface area contributed by atoms with Crippen LogP contribution in [0.4, 0.5) is 0 Å². The zero-order valence-corrected chi connectivity index (χ0v) is 19.1. The van der Waals surface area contributed by atoms with Crippen molar-refractivity contribution in [3.8, 4) is 0 Å². The van der Waals surface area contributed by atoms with Crippen LogP contribution in [-0.4, -0.2) is 44.3 Å². The van der Waals surface area contributed by atoms with Crippen molar-refractivity contribution in [3.05, 3.63) is 0 Å². The van der Waals surface area contributed by atoms with Crippen LogP contribution in [0.5, 0.6) is 0 Å². The lowest BCUT2D eigenvalue weighted by Gasteiger charge is -2.68. The molecule has 0 aromatic heterocycles. The number of carbonyl (C=O) groups is 4. The van der Waals surface area contributed by atoms with Gasteiger partial charge in [-0.25, -0.2) is 0 Å². The van der Waals surface area contributed by atoms with Gasteiger partial charge in [-0.2, -0.15) is 0 Å². The first-order chi connectivity index (χ1) is 13.5. The Morgan fingerprint density at radius 1 is 0.667 bits per heavy atom. The van der Waals surface area contributed by atoms with Crippen LogP contribution >= 0.6 is 0 Å². The van der Waals surface area contributed by atoms with Crippen molar-refractivity contribution >= 4 is 23.9 Å². The van der Waals surface area contributed by atoms with E-state index in [0.717, 1.165) is 0 Å². The third-order valence-electron chi connectivity index (χ3n) is 7.91. The maximum atomic E-state index is 13.2. The Morgan fingerprint density at radius 3 is 1.30 bits per heavy atom. The molecule has 4 N–H and O–H groups in total. The molecule has 0 spiro atoms. The molecule has 0 aromatic carbocycles. The summed E-state index contributed by atoms with van der Waals surface area (Å²) in [6, 6.07) is 0. The summed E-state index contributed by atoms with van der Waals surface area (Å²) in [4.78, 5) is 51.0. The normalized spacial score (nSPS) is 31.3. The van der Waals surface area contributed by atoms with E-state index in [1.54, 1.807) is 55.4 Å². The fourth-order valence-corrected chi connectivity index (χ4v) is 7.32. The largest absolute Gasteiger partial charge is 0.481 e. The highest BCUT2D eigenvalue weighted by Gasteiger charge is 2.81. The van der Waals surface area contributed by atoms with Gasteiger partial charge in [-0.3, -0.25) is 19.2 Å². The van der Waals surface area contributed by atoms with Crippen LogP contribution in [0.1, 0.15) is 61.8 Å². The van der Waals surface area contributed by atoms with Gasteiger partial charge in [0, 0.05) is 5.41 Å². The van der Waals surface area contributed by atoms with E-state index in [0.29, 0.717) is 0 Å². The summed E-state index contributed by atoms with van der Waals surface area (Å²) in [6.45, 7) is 13.1. The Hall–Kier alpha value is -2.12. The minimum atomic E-state index is -2.02. The number of carboxylic acid groups (broad SMARTS) is 4. The molecule has 1 fully saturated rings. The van der Waals surface area contributed by atoms with Gasteiger partial charge in [-0.15, -0.1) is 0 Å². The summed E-state index contributed by atoms with van der Waals surface area (Å²) >= 11 is 0. The Morgan fingerprint density at radius 2 is 1.10 bits per heavy atom. The molecule has 4 atom stereocenters. The SMILES string of the molecule is CC(C)C1(C(=O)O)CC(C(=O)O)C(C(=O)O)C(C(C)C)(C(C)C)C1(C(=O)O)C(C)C. The van der Waals surface area contributed by atoms with Crippen LogP contribution in [0.15, 0.2) is 0 Å². The van der Waals surface area contributed by atoms with Gasteiger partial charge < -0.3 is 20.4 Å². The molecule has 0 bridgehead atoms. The van der Waals surface area contributed by atoms with Gasteiger partial charge in [0.15, 0.2) is 0 Å². The van der Waals surface area contributed by atoms with Crippen LogP contribution in [0, 0.1) is 51.8 Å². The van der Waals surface area contributed by atoms with E-state index in [-0.39, 0.29) is 0 Å². The molecule has 4 unspecified atom stereocenters. The maximum Gasteiger partial charge on any atom is 0.311 e. The lowest BCUT2D eigenvalue weighted by Crippen LogP contribution is -2.76. The Balaban J connectivity index is 4.52. The second-order valence-electron chi connectivity index (χ2n) is 9.91. The molecule has 0 aromatic rings. The molecule has 0 heterocycles. The zero-order chi connectivity index (χ0) is 24.0. The maximum absolute atomic E-state index is 13.2. The second kappa shape index (κ2) is 8.19. The lowest BCUT2D eigenvalue weighted by molar-refractivity contribution is -0.265. The van der Waals surface area contributed by atoms with Crippen molar-refractivity contribution in [1.82, 2.24) is 0 Å². The van der Waals surface area contributed by atoms with E-state index in [4.69, 9.17) is 0 Å². The molecule has 1 rings (SSSR count). The number of aliphatic carboxylic acids is 4. The van der Waals surface area contributed by atoms with Gasteiger partial charge in [0.05, 0.1) is 22.7 Å². The molecule has 0 aliphatic heterocycles. The highest BCUT2D eigenvalue weighted by atomic mass is 16.4. The molecular weight excluding hydrogens is 392 g/mol. The molecular formula is C22H36O8. The monoisotopic (exact) mass is 428 g/mol. The predicted octanol–water partition coefficient (Wildman–Crippen LogP) is 3.54. The van der Waals surface area contributed by atoms with Crippen molar-refractivity contribution in [3.63, 3.8) is 0 Å². The Kier molecular flexibility index (Phi) is 7.08. The predicted molar refractivity (Wildman–Crippen MR) is 109 cm³/mol. The van der Waals surface area contributed by atoms with Gasteiger partial charge in [0.2, 0.25) is 0 Å². The van der Waals surface area contributed by atoms with E-state index in [2.05, 4.69) is 0 Å². The van der Waals surface area contributed by atoms with E-state index in [9.17, 15) is 39.6 Å². The molecule has 30 heavy (non-hydrogen) atoms. The van der Waals surface area contributed by atoms with Gasteiger partial charge in [0.1, 0.15) is 0 Å². The van der Waals surface area contributed by atoms with Gasteiger partial charge >= 0.3 is 23.9 Å². The highest BCUT2D eigenvalue weighted by Crippen LogP contribution is 2.73. The van der Waals surface area contributed by atoms with Crippen LogP contribution in [0.3, 0.4) is 0 Å². The van der Waals surface area contributed by atoms with E-state index < -0.39 is 82.1 Å². The van der Waals surface area contributed by atoms with E-state index in [1.165, 1.54) is 0 Å². The van der Waals surface area contributed by atoms with E-state index >= 15 is 0 Å². The molecule has 0 amide bonds. The first-order valence-electron chi connectivity index (χ1n) is 10.4. The number of hydrogen-bond acceptors (Lipinski definition) is 4. The van der Waals surface area contributed by atoms with Crippen molar-refractivity contribution in [2.24, 2.45) is 51.8 Å². The summed E-state index contributed by atoms with van der Waals surface area (Å²) in [5.41, 5.74) is -5.63. The smallest absolute Gasteiger partial charge is 0.311 e. The summed E-state index contributed by atoms with van der Waals surface area (Å²) in [7, 11) is 0. The zero-order valence-electron chi connectivity index (χ0n) is 19.1. The molecule has 8 heteroatoms. The molecule has 172 valence electrons. The van der Waals surface area contributed by atoms with Crippen molar-refractivity contribution in [2.45, 2.75) is 61.8 Å². The van der Waals surface area contributed by atoms with Crippen molar-refractivity contribution < 1.29 is 39.6 Å². The lowest BCUT2D eigenvalue weighted by atomic mass is 9.31. The first-order valence-corrected chi connectivity index (χ1v) is 10.4. The molecule has 8 nitrogen and oxygen atoms in total. The average molecular weight is 429 g/mol. The number of rotatable bonds is 8. The molecule has 0 radical (unpaired) electrons. The summed E-state index contributed by atoms with van der Waals surface area (Å²) in [6.07, 6.45) is -0.558. The van der Waals surface area contributed by atoms with Gasteiger partial charge in [-0.1, -0.05) is 55.4 Å². The van der Waals surface area contributed by atoms with Crippen LogP contribution in [0.2, 0.25) is 0 Å². The molecule has 1 aliphatic carbocycles. The highest BCUT2D eigenvalue weighted by molar-refractivity contribution is 5.92. The van der Waals surface area contributed by atoms with Gasteiger partial charge in [0.25, 0.3) is 0 Å². The first kappa shape index (κ1) is 25.9. The Labute approximate surface area is 177 Å². The molecule has 1 aliphatic rings. The topological polar surface area (TPSA) is 149 Å². The summed E-state index contributed by atoms with van der Waals surface area (Å²) in [5.74, 6) is -11.4. The molecule has 1 saturated carbocycles. The summed E-state index contributed by atoms with van der Waals surface area (Å²) in [5, 5.41) is 41.5. The van der Waals surface area contributed by atoms with Crippen molar-refractivity contribution in [1.29, 1.82) is 0 Å². The minimum absolute atomic E-state index is 0.558. The van der Waals surface area contributed by atoms with Crippen LogP contribution in [-0.2, 0) is 19.2 Å². The standard InChI is InChI=1S/C22H36O8/c1-10(2)20(18(27)28)9-14(16(23)24)15(17(25)26)21(11(3)4,12(5)6)22(20,13(7)8)19(29)30/h10-15H,9H2,1-8H3,(H,23,24)(H,25,26)(H,27,28)(H,29,30). The fraction of sp³-hybridized carbons (Fsp3) is 0.818. The summed E-state index contributed by atoms with van der Waals surface area (Å²) < 4.78 is 0. The second-order valence-corrected chi connectivity index (χ2v) is 9.91. The fourth-order valence-electron chi connectivity index (χ4n) is 7.32. The van der Waals surface area contributed by atoms with Crippen LogP contribution in [0.25, 0.3) is 0 Å². The quantitative estimate of drug-likeness (QED) is 0.458.